The molecule has 8 heteroatoms. The number of ether oxygens (including phenoxy) is 1. The first-order chi connectivity index (χ1) is 10.3. The highest BCUT2D eigenvalue weighted by atomic mass is 31.2. The Labute approximate surface area is 125 Å². The molecule has 0 fully saturated rings. The Bertz CT molecular complexity index is 774. The summed E-state index contributed by atoms with van der Waals surface area (Å²) < 4.78 is 20.6. The minimum atomic E-state index is -4.08. The van der Waals surface area contributed by atoms with Crippen LogP contribution in [0, 0.1) is 0 Å². The minimum absolute atomic E-state index is 0.0771. The van der Waals surface area contributed by atoms with Crippen molar-refractivity contribution in [3.05, 3.63) is 46.3 Å². The van der Waals surface area contributed by atoms with E-state index < -0.39 is 19.2 Å². The van der Waals surface area contributed by atoms with Crippen molar-refractivity contribution >= 4 is 24.5 Å². The number of hydrogen-bond acceptors (Lipinski definition) is 5. The maximum absolute atomic E-state index is 11.7. The largest absolute Gasteiger partial charge is 0.465 e. The van der Waals surface area contributed by atoms with E-state index in [0.717, 1.165) is 0 Å². The molecule has 0 aliphatic heterocycles. The summed E-state index contributed by atoms with van der Waals surface area (Å²) in [5, 5.41) is 0.647. The lowest BCUT2D eigenvalue weighted by Gasteiger charge is -2.07. The molecule has 0 amide bonds. The van der Waals surface area contributed by atoms with Crippen molar-refractivity contribution in [2.24, 2.45) is 0 Å². The summed E-state index contributed by atoms with van der Waals surface area (Å²) in [4.78, 5) is 40.6. The van der Waals surface area contributed by atoms with Gasteiger partial charge in [-0.1, -0.05) is 18.2 Å². The van der Waals surface area contributed by atoms with Gasteiger partial charge >= 0.3 is 19.2 Å². The zero-order chi connectivity index (χ0) is 16.2. The van der Waals surface area contributed by atoms with E-state index in [1.807, 2.05) is 0 Å². The topological polar surface area (TPSA) is 114 Å². The van der Waals surface area contributed by atoms with Gasteiger partial charge in [-0.2, -0.15) is 0 Å². The van der Waals surface area contributed by atoms with Crippen molar-refractivity contribution in [1.82, 2.24) is 0 Å². The first kappa shape index (κ1) is 16.4. The molecule has 0 spiro atoms. The molecule has 7 nitrogen and oxygen atoms in total. The number of carbonyl (C=O) groups excluding carboxylic acids is 1. The van der Waals surface area contributed by atoms with Gasteiger partial charge in [0.25, 0.3) is 0 Å². The van der Waals surface area contributed by atoms with Crippen LogP contribution in [0.5, 0.6) is 0 Å². The van der Waals surface area contributed by atoms with Crippen LogP contribution in [-0.2, 0) is 20.5 Å². The van der Waals surface area contributed by atoms with Crippen LogP contribution in [0.1, 0.15) is 12.0 Å². The standard InChI is InChI=1S/C14H15O7P/c15-13(20-6-3-7-22(17,18)19)8-10-9-14(16)21-12-5-2-1-4-11(10)12/h1-2,4-5,9H,3,6-8H2,(H2,17,18,19). The number of carbonyl (C=O) groups is 1. The Balaban J connectivity index is 2.00. The molecule has 0 radical (unpaired) electrons. The number of fused-ring (bicyclic) bond motifs is 1. The molecule has 2 N–H and O–H groups in total. The van der Waals surface area contributed by atoms with E-state index in [1.54, 1.807) is 24.3 Å². The fraction of sp³-hybridized carbons (Fsp3) is 0.286. The van der Waals surface area contributed by atoms with Crippen molar-refractivity contribution in [2.45, 2.75) is 12.8 Å². The first-order valence-electron chi connectivity index (χ1n) is 6.57. The minimum Gasteiger partial charge on any atom is -0.465 e. The van der Waals surface area contributed by atoms with Crippen molar-refractivity contribution in [3.8, 4) is 0 Å². The normalized spacial score (nSPS) is 11.5. The van der Waals surface area contributed by atoms with Gasteiger partial charge in [-0.15, -0.1) is 0 Å². The van der Waals surface area contributed by atoms with E-state index in [9.17, 15) is 14.2 Å². The van der Waals surface area contributed by atoms with E-state index in [1.165, 1.54) is 6.07 Å². The molecule has 2 aromatic rings. The monoisotopic (exact) mass is 326 g/mol. The SMILES string of the molecule is O=C(Cc1cc(=O)oc2ccccc12)OCCCP(=O)(O)O. The second-order valence-corrected chi connectivity index (χ2v) is 6.50. The molecular weight excluding hydrogens is 311 g/mol. The van der Waals surface area contributed by atoms with Gasteiger partial charge < -0.3 is 18.9 Å². The number of esters is 1. The average Bonchev–Trinajstić information content (AvgIpc) is 2.42. The third-order valence-corrected chi connectivity index (χ3v) is 3.83. The fourth-order valence-electron chi connectivity index (χ4n) is 1.99. The van der Waals surface area contributed by atoms with E-state index in [-0.39, 0.29) is 25.6 Å². The zero-order valence-corrected chi connectivity index (χ0v) is 12.5. The summed E-state index contributed by atoms with van der Waals surface area (Å²) in [5.74, 6) is -0.568. The van der Waals surface area contributed by atoms with Crippen LogP contribution >= 0.6 is 7.60 Å². The molecule has 0 aliphatic rings. The van der Waals surface area contributed by atoms with Gasteiger partial charge in [0.05, 0.1) is 19.2 Å². The molecular formula is C14H15O7P. The van der Waals surface area contributed by atoms with Crippen LogP contribution in [0.3, 0.4) is 0 Å². The maximum atomic E-state index is 11.7. The first-order valence-corrected chi connectivity index (χ1v) is 8.37. The molecule has 0 bridgehead atoms. The van der Waals surface area contributed by atoms with Gasteiger partial charge in [0.15, 0.2) is 0 Å². The quantitative estimate of drug-likeness (QED) is 0.357. The van der Waals surface area contributed by atoms with E-state index in [2.05, 4.69) is 0 Å². The summed E-state index contributed by atoms with van der Waals surface area (Å²) in [5.41, 5.74) is 0.328. The van der Waals surface area contributed by atoms with Crippen LogP contribution in [0.2, 0.25) is 0 Å². The van der Waals surface area contributed by atoms with Crippen LogP contribution in [0.4, 0.5) is 0 Å². The summed E-state index contributed by atoms with van der Waals surface area (Å²) in [6.45, 7) is -0.0800. The molecule has 0 saturated carbocycles. The van der Waals surface area contributed by atoms with E-state index >= 15 is 0 Å². The lowest BCUT2D eigenvalue weighted by molar-refractivity contribution is -0.142. The number of rotatable bonds is 6. The molecule has 2 rings (SSSR count). The van der Waals surface area contributed by atoms with Gasteiger partial charge in [0.2, 0.25) is 0 Å². The molecule has 0 saturated heterocycles. The van der Waals surface area contributed by atoms with Crippen molar-refractivity contribution in [2.75, 3.05) is 12.8 Å². The van der Waals surface area contributed by atoms with Gasteiger partial charge in [-0.3, -0.25) is 9.36 Å². The number of para-hydroxylation sites is 1. The third-order valence-electron chi connectivity index (χ3n) is 2.93. The lowest BCUT2D eigenvalue weighted by Crippen LogP contribution is -2.12. The second-order valence-electron chi connectivity index (χ2n) is 4.73. The van der Waals surface area contributed by atoms with Crippen molar-refractivity contribution in [1.29, 1.82) is 0 Å². The highest BCUT2D eigenvalue weighted by molar-refractivity contribution is 7.51. The Morgan fingerprint density at radius 2 is 2.00 bits per heavy atom. The summed E-state index contributed by atoms with van der Waals surface area (Å²) >= 11 is 0. The van der Waals surface area contributed by atoms with Crippen molar-refractivity contribution in [3.63, 3.8) is 0 Å². The molecule has 0 atom stereocenters. The van der Waals surface area contributed by atoms with Crippen LogP contribution in [-0.4, -0.2) is 28.5 Å². The maximum Gasteiger partial charge on any atom is 0.336 e. The Kier molecular flexibility index (Phi) is 5.13. The van der Waals surface area contributed by atoms with E-state index in [0.29, 0.717) is 16.5 Å². The summed E-state index contributed by atoms with van der Waals surface area (Å²) in [6, 6.07) is 8.08. The number of hydrogen-bond donors (Lipinski definition) is 2. The van der Waals surface area contributed by atoms with Crippen LogP contribution < -0.4 is 5.63 Å². The Hall–Kier alpha value is -1.95. The summed E-state index contributed by atoms with van der Waals surface area (Å²) in [6.07, 6.45) is -0.367. The molecule has 1 heterocycles. The second kappa shape index (κ2) is 6.87. The van der Waals surface area contributed by atoms with Gasteiger partial charge in [0.1, 0.15) is 5.58 Å². The Morgan fingerprint density at radius 1 is 1.27 bits per heavy atom. The van der Waals surface area contributed by atoms with Gasteiger partial charge in [-0.25, -0.2) is 4.79 Å². The third kappa shape index (κ3) is 4.80. The van der Waals surface area contributed by atoms with Crippen molar-refractivity contribution < 1.29 is 28.3 Å². The Morgan fingerprint density at radius 3 is 2.73 bits per heavy atom. The van der Waals surface area contributed by atoms with Gasteiger partial charge in [0, 0.05) is 11.5 Å². The number of benzene rings is 1. The van der Waals surface area contributed by atoms with Crippen LogP contribution in [0.25, 0.3) is 11.0 Å². The predicted octanol–water partition coefficient (Wildman–Crippen LogP) is 1.45. The van der Waals surface area contributed by atoms with Crippen LogP contribution in [0.15, 0.2) is 39.5 Å². The molecule has 22 heavy (non-hydrogen) atoms. The van der Waals surface area contributed by atoms with Gasteiger partial charge in [-0.05, 0) is 18.1 Å². The molecule has 0 aliphatic carbocycles. The average molecular weight is 326 g/mol. The molecule has 1 aromatic carbocycles. The molecule has 118 valence electrons. The predicted molar refractivity (Wildman–Crippen MR) is 78.7 cm³/mol. The zero-order valence-electron chi connectivity index (χ0n) is 11.6. The molecule has 1 aromatic heterocycles. The highest BCUT2D eigenvalue weighted by Gasteiger charge is 2.14. The lowest BCUT2D eigenvalue weighted by atomic mass is 10.1. The highest BCUT2D eigenvalue weighted by Crippen LogP contribution is 2.34. The fourth-order valence-corrected chi connectivity index (χ4v) is 2.53. The van der Waals surface area contributed by atoms with E-state index in [4.69, 9.17) is 18.9 Å². The molecule has 0 unspecified atom stereocenters. The smallest absolute Gasteiger partial charge is 0.336 e. The summed E-state index contributed by atoms with van der Waals surface area (Å²) in [7, 11) is -4.08.